The van der Waals surface area contributed by atoms with Crippen molar-refractivity contribution in [2.45, 2.75) is 39.5 Å². The van der Waals surface area contributed by atoms with Gasteiger partial charge in [0.05, 0.1) is 43.2 Å². The van der Waals surface area contributed by atoms with Gasteiger partial charge in [0, 0.05) is 15.8 Å². The first kappa shape index (κ1) is 26.7. The van der Waals surface area contributed by atoms with E-state index in [2.05, 4.69) is 12.2 Å². The van der Waals surface area contributed by atoms with Gasteiger partial charge in [0.2, 0.25) is 0 Å². The number of carbonyl (C=O) groups excluding carboxylic acids is 2. The number of pyridine rings is 1. The van der Waals surface area contributed by atoms with Crippen molar-refractivity contribution in [3.05, 3.63) is 70.1 Å². The molecule has 2 aromatic heterocycles. The lowest BCUT2D eigenvalue weighted by Gasteiger charge is -2.18. The molecule has 39 heavy (non-hydrogen) atoms. The van der Waals surface area contributed by atoms with Crippen molar-refractivity contribution >= 4 is 39.1 Å². The van der Waals surface area contributed by atoms with Crippen LogP contribution in [0.5, 0.6) is 11.5 Å². The van der Waals surface area contributed by atoms with Crippen molar-refractivity contribution in [3.8, 4) is 22.8 Å². The molecule has 202 valence electrons. The molecule has 1 aliphatic rings. The third kappa shape index (κ3) is 5.34. The van der Waals surface area contributed by atoms with Gasteiger partial charge in [0.1, 0.15) is 5.00 Å². The zero-order valence-corrected chi connectivity index (χ0v) is 23.4. The average Bonchev–Trinajstić information content (AvgIpc) is 3.31. The number of fused-ring (bicyclic) bond motifs is 2. The number of amides is 1. The Morgan fingerprint density at radius 2 is 1.87 bits per heavy atom. The van der Waals surface area contributed by atoms with E-state index in [9.17, 15) is 9.59 Å². The molecule has 0 aliphatic heterocycles. The van der Waals surface area contributed by atoms with Crippen molar-refractivity contribution in [2.75, 3.05) is 26.1 Å². The van der Waals surface area contributed by atoms with E-state index in [-0.39, 0.29) is 11.9 Å². The zero-order valence-electron chi connectivity index (χ0n) is 22.6. The number of esters is 1. The first-order chi connectivity index (χ1) is 18.9. The largest absolute Gasteiger partial charge is 0.493 e. The maximum atomic E-state index is 13.9. The monoisotopic (exact) mass is 544 g/mol. The minimum atomic E-state index is -0.371. The fourth-order valence-corrected chi connectivity index (χ4v) is 6.39. The van der Waals surface area contributed by atoms with Crippen LogP contribution in [0.15, 0.2) is 48.5 Å². The molecular formula is C31H32N2O5S. The number of rotatable bonds is 8. The van der Waals surface area contributed by atoms with Gasteiger partial charge in [-0.2, -0.15) is 0 Å². The van der Waals surface area contributed by atoms with Crippen LogP contribution in [0.1, 0.15) is 57.8 Å². The molecule has 1 aliphatic carbocycles. The van der Waals surface area contributed by atoms with Gasteiger partial charge in [-0.1, -0.05) is 32.0 Å². The molecule has 4 aromatic rings. The summed E-state index contributed by atoms with van der Waals surface area (Å²) in [5, 5.41) is 4.35. The topological polar surface area (TPSA) is 86.8 Å². The number of nitrogens with one attached hydrogen (secondary N) is 1. The number of nitrogens with zero attached hydrogens (tertiary/aromatic N) is 1. The second-order valence-electron chi connectivity index (χ2n) is 9.79. The van der Waals surface area contributed by atoms with E-state index in [1.54, 1.807) is 20.3 Å². The molecule has 0 spiro atoms. The molecule has 1 N–H and O–H groups in total. The number of ether oxygens (including phenoxy) is 3. The SMILES string of the molecule is CCCOC(=O)c1c(NC(=O)c2cc(-c3ccc(OC)c(OC)c3)nc3ccccc23)sc2c1CCC(C)C2. The Labute approximate surface area is 232 Å². The maximum absolute atomic E-state index is 13.9. The molecule has 2 aromatic carbocycles. The third-order valence-corrected chi connectivity index (χ3v) is 8.19. The second kappa shape index (κ2) is 11.5. The van der Waals surface area contributed by atoms with Crippen molar-refractivity contribution in [1.82, 2.24) is 4.98 Å². The van der Waals surface area contributed by atoms with Gasteiger partial charge < -0.3 is 19.5 Å². The number of methoxy groups -OCH3 is 2. The summed E-state index contributed by atoms with van der Waals surface area (Å²) in [5.74, 6) is 1.05. The van der Waals surface area contributed by atoms with Crippen LogP contribution in [0, 0.1) is 5.92 Å². The van der Waals surface area contributed by atoms with Crippen LogP contribution >= 0.6 is 11.3 Å². The smallest absolute Gasteiger partial charge is 0.341 e. The summed E-state index contributed by atoms with van der Waals surface area (Å²) in [6.45, 7) is 4.52. The molecule has 0 radical (unpaired) electrons. The summed E-state index contributed by atoms with van der Waals surface area (Å²) in [4.78, 5) is 33.0. The van der Waals surface area contributed by atoms with Crippen LogP contribution in [-0.4, -0.2) is 37.7 Å². The van der Waals surface area contributed by atoms with Gasteiger partial charge in [-0.25, -0.2) is 9.78 Å². The molecule has 8 heteroatoms. The molecule has 5 rings (SSSR count). The zero-order chi connectivity index (χ0) is 27.5. The highest BCUT2D eigenvalue weighted by molar-refractivity contribution is 7.17. The summed E-state index contributed by atoms with van der Waals surface area (Å²) in [7, 11) is 3.17. The Kier molecular flexibility index (Phi) is 7.84. The van der Waals surface area contributed by atoms with Crippen LogP contribution < -0.4 is 14.8 Å². The van der Waals surface area contributed by atoms with Crippen LogP contribution in [0.4, 0.5) is 5.00 Å². The minimum absolute atomic E-state index is 0.300. The van der Waals surface area contributed by atoms with E-state index in [1.807, 2.05) is 49.4 Å². The molecule has 1 unspecified atom stereocenters. The Morgan fingerprint density at radius 1 is 1.08 bits per heavy atom. The fourth-order valence-electron chi connectivity index (χ4n) is 5.00. The molecule has 0 saturated carbocycles. The summed E-state index contributed by atoms with van der Waals surface area (Å²) in [5.41, 5.74) is 4.09. The predicted molar refractivity (Wildman–Crippen MR) is 154 cm³/mol. The van der Waals surface area contributed by atoms with Gasteiger partial charge in [0.25, 0.3) is 5.91 Å². The van der Waals surface area contributed by atoms with Crippen molar-refractivity contribution in [1.29, 1.82) is 0 Å². The molecule has 2 heterocycles. The third-order valence-electron chi connectivity index (χ3n) is 7.02. The van der Waals surface area contributed by atoms with E-state index >= 15 is 0 Å². The van der Waals surface area contributed by atoms with E-state index in [1.165, 1.54) is 11.3 Å². The van der Waals surface area contributed by atoms with Crippen LogP contribution in [0.2, 0.25) is 0 Å². The quantitative estimate of drug-likeness (QED) is 0.242. The fraction of sp³-hybridized carbons (Fsp3) is 0.323. The highest BCUT2D eigenvalue weighted by atomic mass is 32.1. The number of hydrogen-bond donors (Lipinski definition) is 1. The minimum Gasteiger partial charge on any atom is -0.493 e. The molecule has 1 amide bonds. The van der Waals surface area contributed by atoms with Crippen molar-refractivity contribution < 1.29 is 23.8 Å². The van der Waals surface area contributed by atoms with Crippen molar-refractivity contribution in [2.24, 2.45) is 5.92 Å². The number of aromatic nitrogens is 1. The number of benzene rings is 2. The summed E-state index contributed by atoms with van der Waals surface area (Å²) >= 11 is 1.49. The molecule has 0 fully saturated rings. The molecule has 0 saturated heterocycles. The number of thiophene rings is 1. The summed E-state index contributed by atoms with van der Waals surface area (Å²) < 4.78 is 16.4. The van der Waals surface area contributed by atoms with Gasteiger partial charge in [0.15, 0.2) is 11.5 Å². The van der Waals surface area contributed by atoms with Gasteiger partial charge >= 0.3 is 5.97 Å². The van der Waals surface area contributed by atoms with Crippen LogP contribution in [0.25, 0.3) is 22.2 Å². The Balaban J connectivity index is 1.56. The summed E-state index contributed by atoms with van der Waals surface area (Å²) in [6, 6.07) is 14.9. The normalized spacial score (nSPS) is 14.5. The van der Waals surface area contributed by atoms with E-state index in [0.717, 1.165) is 47.1 Å². The molecule has 7 nitrogen and oxygen atoms in total. The van der Waals surface area contributed by atoms with Gasteiger partial charge in [-0.05, 0) is 67.5 Å². The Bertz CT molecular complexity index is 1540. The van der Waals surface area contributed by atoms with Crippen LogP contribution in [0.3, 0.4) is 0 Å². The van der Waals surface area contributed by atoms with Gasteiger partial charge in [-0.3, -0.25) is 4.79 Å². The predicted octanol–water partition coefficient (Wildman–Crippen LogP) is 6.92. The summed E-state index contributed by atoms with van der Waals surface area (Å²) in [6.07, 6.45) is 3.44. The molecular weight excluding hydrogens is 512 g/mol. The van der Waals surface area contributed by atoms with E-state index in [4.69, 9.17) is 19.2 Å². The number of para-hydroxylation sites is 1. The average molecular weight is 545 g/mol. The van der Waals surface area contributed by atoms with E-state index in [0.29, 0.717) is 51.4 Å². The molecule has 0 bridgehead atoms. The lowest BCUT2D eigenvalue weighted by atomic mass is 9.88. The highest BCUT2D eigenvalue weighted by Crippen LogP contribution is 2.41. The lowest BCUT2D eigenvalue weighted by molar-refractivity contribution is 0.0505. The van der Waals surface area contributed by atoms with Crippen LogP contribution in [-0.2, 0) is 17.6 Å². The molecule has 1 atom stereocenters. The number of carbonyl (C=O) groups is 2. The standard InChI is InChI=1S/C31H32N2O5S/c1-5-14-38-31(35)28-21-12-10-18(2)15-27(21)39-30(28)33-29(34)22-17-24(32-23-9-7-6-8-20(22)23)19-11-13-25(36-3)26(16-19)37-4/h6-9,11,13,16-18H,5,10,12,14-15H2,1-4H3,(H,33,34). The lowest BCUT2D eigenvalue weighted by Crippen LogP contribution is -2.17. The number of anilines is 1. The maximum Gasteiger partial charge on any atom is 0.341 e. The first-order valence-corrected chi connectivity index (χ1v) is 14.0. The van der Waals surface area contributed by atoms with Crippen molar-refractivity contribution in [3.63, 3.8) is 0 Å². The second-order valence-corrected chi connectivity index (χ2v) is 10.9. The highest BCUT2D eigenvalue weighted by Gasteiger charge is 2.30. The Morgan fingerprint density at radius 3 is 2.64 bits per heavy atom. The Hall–Kier alpha value is -3.91. The number of hydrogen-bond acceptors (Lipinski definition) is 7. The van der Waals surface area contributed by atoms with Gasteiger partial charge in [-0.15, -0.1) is 11.3 Å². The first-order valence-electron chi connectivity index (χ1n) is 13.2. The van der Waals surface area contributed by atoms with E-state index < -0.39 is 0 Å².